The van der Waals surface area contributed by atoms with E-state index >= 15 is 0 Å². The molecule has 3 aromatic heterocycles. The highest BCUT2D eigenvalue weighted by molar-refractivity contribution is 5.90. The molecular weight excluding hydrogens is 300 g/mol. The summed E-state index contributed by atoms with van der Waals surface area (Å²) < 4.78 is 1.98. The van der Waals surface area contributed by atoms with Crippen LogP contribution in [0.5, 0.6) is 0 Å². The highest BCUT2D eigenvalue weighted by Crippen LogP contribution is 2.24. The molecule has 0 amide bonds. The first-order valence-electron chi connectivity index (χ1n) is 7.69. The largest absolute Gasteiger partial charge is 0.362 e. The Morgan fingerprint density at radius 3 is 2.62 bits per heavy atom. The summed E-state index contributed by atoms with van der Waals surface area (Å²) in [5.74, 6) is 2.33. The number of pyridine rings is 1. The fourth-order valence-corrected chi connectivity index (χ4v) is 2.55. The Kier molecular flexibility index (Phi) is 3.63. The third kappa shape index (κ3) is 2.69. The van der Waals surface area contributed by atoms with Gasteiger partial charge >= 0.3 is 0 Å². The molecule has 0 radical (unpaired) electrons. The van der Waals surface area contributed by atoms with E-state index < -0.39 is 0 Å². The van der Waals surface area contributed by atoms with Crippen molar-refractivity contribution in [3.63, 3.8) is 0 Å². The molecule has 0 aliphatic carbocycles. The van der Waals surface area contributed by atoms with E-state index in [1.807, 2.05) is 60.3 Å². The van der Waals surface area contributed by atoms with E-state index in [-0.39, 0.29) is 0 Å². The third-order valence-corrected chi connectivity index (χ3v) is 3.83. The molecule has 0 unspecified atom stereocenters. The molecule has 0 aliphatic rings. The quantitative estimate of drug-likeness (QED) is 0.627. The van der Waals surface area contributed by atoms with Gasteiger partial charge in [0.25, 0.3) is 0 Å². The SMILES string of the molecule is Cn1ccnc1CNc1nc(-c2ccccn2)nc2ccccc12. The standard InChI is InChI=1S/C18H16N6/c1-24-11-10-20-16(24)12-21-17-13-6-2-3-7-14(13)22-18(23-17)15-8-4-5-9-19-15/h2-11H,12H2,1H3,(H,21,22,23). The summed E-state index contributed by atoms with van der Waals surface area (Å²) in [4.78, 5) is 18.0. The Hall–Kier alpha value is -3.28. The van der Waals surface area contributed by atoms with Gasteiger partial charge in [0.2, 0.25) is 0 Å². The first kappa shape index (κ1) is 14.3. The molecule has 4 aromatic rings. The summed E-state index contributed by atoms with van der Waals surface area (Å²) in [7, 11) is 1.97. The van der Waals surface area contributed by atoms with Crippen LogP contribution in [0.1, 0.15) is 5.82 Å². The molecule has 0 atom stereocenters. The van der Waals surface area contributed by atoms with Crippen LogP contribution in [0.4, 0.5) is 5.82 Å². The number of nitrogens with one attached hydrogen (secondary N) is 1. The number of anilines is 1. The zero-order chi connectivity index (χ0) is 16.4. The van der Waals surface area contributed by atoms with Crippen molar-refractivity contribution in [2.24, 2.45) is 7.05 Å². The maximum absolute atomic E-state index is 4.68. The predicted octanol–water partition coefficient (Wildman–Crippen LogP) is 3.04. The molecule has 0 spiro atoms. The van der Waals surface area contributed by atoms with Gasteiger partial charge in [-0.3, -0.25) is 4.98 Å². The van der Waals surface area contributed by atoms with E-state index in [2.05, 4.69) is 25.3 Å². The average molecular weight is 316 g/mol. The first-order valence-corrected chi connectivity index (χ1v) is 7.69. The molecule has 24 heavy (non-hydrogen) atoms. The van der Waals surface area contributed by atoms with E-state index in [0.29, 0.717) is 12.4 Å². The van der Waals surface area contributed by atoms with E-state index in [9.17, 15) is 0 Å². The van der Waals surface area contributed by atoms with E-state index in [1.54, 1.807) is 12.4 Å². The van der Waals surface area contributed by atoms with Crippen molar-refractivity contribution < 1.29 is 0 Å². The number of hydrogen-bond acceptors (Lipinski definition) is 5. The van der Waals surface area contributed by atoms with Crippen molar-refractivity contribution in [2.75, 3.05) is 5.32 Å². The number of fused-ring (bicyclic) bond motifs is 1. The molecular formula is C18H16N6. The van der Waals surface area contributed by atoms with Crippen molar-refractivity contribution in [3.8, 4) is 11.5 Å². The first-order chi connectivity index (χ1) is 11.8. The molecule has 3 heterocycles. The molecule has 6 heteroatoms. The highest BCUT2D eigenvalue weighted by atomic mass is 15.1. The van der Waals surface area contributed by atoms with Crippen LogP contribution in [0, 0.1) is 0 Å². The summed E-state index contributed by atoms with van der Waals surface area (Å²) in [6, 6.07) is 13.7. The Morgan fingerprint density at radius 1 is 0.958 bits per heavy atom. The monoisotopic (exact) mass is 316 g/mol. The van der Waals surface area contributed by atoms with Gasteiger partial charge in [-0.05, 0) is 24.3 Å². The van der Waals surface area contributed by atoms with Gasteiger partial charge in [0.15, 0.2) is 5.82 Å². The Balaban J connectivity index is 1.76. The molecule has 4 rings (SSSR count). The normalized spacial score (nSPS) is 10.9. The number of benzene rings is 1. The number of hydrogen-bond donors (Lipinski definition) is 1. The second kappa shape index (κ2) is 6.08. The van der Waals surface area contributed by atoms with Crippen LogP contribution in [0.2, 0.25) is 0 Å². The van der Waals surface area contributed by atoms with Crippen molar-refractivity contribution in [3.05, 3.63) is 66.9 Å². The lowest BCUT2D eigenvalue weighted by atomic mass is 10.2. The van der Waals surface area contributed by atoms with Gasteiger partial charge in [-0.15, -0.1) is 0 Å². The summed E-state index contributed by atoms with van der Waals surface area (Å²) in [6.45, 7) is 0.589. The molecule has 0 aliphatic heterocycles. The zero-order valence-corrected chi connectivity index (χ0v) is 13.2. The molecule has 1 aromatic carbocycles. The van der Waals surface area contributed by atoms with Crippen molar-refractivity contribution in [2.45, 2.75) is 6.54 Å². The number of aryl methyl sites for hydroxylation is 1. The molecule has 118 valence electrons. The molecule has 0 saturated carbocycles. The van der Waals surface area contributed by atoms with Gasteiger partial charge in [-0.2, -0.15) is 0 Å². The van der Waals surface area contributed by atoms with Gasteiger partial charge in [-0.1, -0.05) is 18.2 Å². The fourth-order valence-electron chi connectivity index (χ4n) is 2.55. The molecule has 0 bridgehead atoms. The van der Waals surface area contributed by atoms with Crippen molar-refractivity contribution >= 4 is 16.7 Å². The minimum atomic E-state index is 0.589. The molecule has 0 fully saturated rings. The number of imidazole rings is 1. The summed E-state index contributed by atoms with van der Waals surface area (Å²) in [5, 5.41) is 4.36. The van der Waals surface area contributed by atoms with Gasteiger partial charge in [0, 0.05) is 31.0 Å². The minimum absolute atomic E-state index is 0.589. The van der Waals surface area contributed by atoms with Gasteiger partial charge in [0.1, 0.15) is 17.3 Å². The van der Waals surface area contributed by atoms with Crippen LogP contribution in [-0.4, -0.2) is 24.5 Å². The van der Waals surface area contributed by atoms with Crippen LogP contribution in [0.3, 0.4) is 0 Å². The lowest BCUT2D eigenvalue weighted by Crippen LogP contribution is -2.08. The molecule has 1 N–H and O–H groups in total. The summed E-state index contributed by atoms with van der Waals surface area (Å²) in [6.07, 6.45) is 5.46. The van der Waals surface area contributed by atoms with Gasteiger partial charge in [0.05, 0.1) is 12.1 Å². The van der Waals surface area contributed by atoms with Crippen LogP contribution in [0.15, 0.2) is 61.1 Å². The molecule has 0 saturated heterocycles. The minimum Gasteiger partial charge on any atom is -0.362 e. The van der Waals surface area contributed by atoms with Crippen LogP contribution < -0.4 is 5.32 Å². The third-order valence-electron chi connectivity index (χ3n) is 3.83. The Morgan fingerprint density at radius 2 is 1.83 bits per heavy atom. The summed E-state index contributed by atoms with van der Waals surface area (Å²) in [5.41, 5.74) is 1.64. The lowest BCUT2D eigenvalue weighted by Gasteiger charge is -2.10. The number of nitrogens with zero attached hydrogens (tertiary/aromatic N) is 5. The summed E-state index contributed by atoms with van der Waals surface area (Å²) >= 11 is 0. The maximum Gasteiger partial charge on any atom is 0.180 e. The number of para-hydroxylation sites is 1. The fraction of sp³-hybridized carbons (Fsp3) is 0.111. The lowest BCUT2D eigenvalue weighted by molar-refractivity contribution is 0.811. The van der Waals surface area contributed by atoms with Gasteiger partial charge in [-0.25, -0.2) is 15.0 Å². The second-order valence-corrected chi connectivity index (χ2v) is 5.44. The van der Waals surface area contributed by atoms with Crippen LogP contribution >= 0.6 is 0 Å². The maximum atomic E-state index is 4.68. The van der Waals surface area contributed by atoms with E-state index in [4.69, 9.17) is 0 Å². The van der Waals surface area contributed by atoms with E-state index in [0.717, 1.165) is 28.2 Å². The van der Waals surface area contributed by atoms with Crippen molar-refractivity contribution in [1.29, 1.82) is 0 Å². The van der Waals surface area contributed by atoms with Crippen molar-refractivity contribution in [1.82, 2.24) is 24.5 Å². The Labute approximate surface area is 139 Å². The second-order valence-electron chi connectivity index (χ2n) is 5.44. The average Bonchev–Trinajstić information content (AvgIpc) is 3.05. The number of aromatic nitrogens is 5. The van der Waals surface area contributed by atoms with Gasteiger partial charge < -0.3 is 9.88 Å². The highest BCUT2D eigenvalue weighted by Gasteiger charge is 2.10. The topological polar surface area (TPSA) is 68.5 Å². The predicted molar refractivity (Wildman–Crippen MR) is 93.3 cm³/mol. The number of rotatable bonds is 4. The molecule has 6 nitrogen and oxygen atoms in total. The van der Waals surface area contributed by atoms with Crippen LogP contribution in [-0.2, 0) is 13.6 Å². The zero-order valence-electron chi connectivity index (χ0n) is 13.2. The van der Waals surface area contributed by atoms with E-state index in [1.165, 1.54) is 0 Å². The smallest absolute Gasteiger partial charge is 0.180 e. The van der Waals surface area contributed by atoms with Crippen LogP contribution in [0.25, 0.3) is 22.4 Å². The Bertz CT molecular complexity index is 977.